The van der Waals surface area contributed by atoms with Crippen LogP contribution in [0.5, 0.6) is 0 Å². The van der Waals surface area contributed by atoms with Crippen LogP contribution in [0.1, 0.15) is 43.7 Å². The lowest BCUT2D eigenvalue weighted by atomic mass is 9.92. The highest BCUT2D eigenvalue weighted by Crippen LogP contribution is 2.29. The Labute approximate surface area is 164 Å². The van der Waals surface area contributed by atoms with Crippen LogP contribution in [-0.2, 0) is 4.79 Å². The van der Waals surface area contributed by atoms with Gasteiger partial charge in [-0.1, -0.05) is 47.3 Å². The fourth-order valence-corrected chi connectivity index (χ4v) is 5.15. The number of nitrogens with one attached hydrogen (secondary N) is 2. The number of hydrogen-bond acceptors (Lipinski definition) is 4. The van der Waals surface area contributed by atoms with Gasteiger partial charge in [-0.05, 0) is 30.5 Å². The van der Waals surface area contributed by atoms with E-state index in [0.29, 0.717) is 6.54 Å². The number of halogens is 1. The summed E-state index contributed by atoms with van der Waals surface area (Å²) in [7, 11) is 0. The molecule has 0 bridgehead atoms. The van der Waals surface area contributed by atoms with E-state index in [9.17, 15) is 4.79 Å². The zero-order valence-electron chi connectivity index (χ0n) is 15.3. The van der Waals surface area contributed by atoms with Crippen LogP contribution in [0.4, 0.5) is 0 Å². The smallest absolute Gasteiger partial charge is 0.229 e. The molecule has 1 amide bonds. The molecule has 3 aliphatic rings. The maximum Gasteiger partial charge on any atom is 0.229 e. The molecule has 1 aromatic rings. The van der Waals surface area contributed by atoms with Gasteiger partial charge in [0, 0.05) is 43.2 Å². The molecule has 2 atom stereocenters. The summed E-state index contributed by atoms with van der Waals surface area (Å²) >= 11 is 3.54. The molecule has 0 aromatic heterocycles. The van der Waals surface area contributed by atoms with Crippen LogP contribution in [-0.4, -0.2) is 54.5 Å². The second kappa shape index (κ2) is 8.38. The van der Waals surface area contributed by atoms with E-state index >= 15 is 0 Å². The summed E-state index contributed by atoms with van der Waals surface area (Å²) in [6.45, 7) is 4.50. The topological polar surface area (TPSA) is 47.6 Å². The van der Waals surface area contributed by atoms with E-state index < -0.39 is 0 Å². The molecule has 142 valence electrons. The Morgan fingerprint density at radius 3 is 2.58 bits per heavy atom. The highest BCUT2D eigenvalue weighted by molar-refractivity contribution is 9.10. The van der Waals surface area contributed by atoms with E-state index in [4.69, 9.17) is 0 Å². The SMILES string of the molecule is O=C(C1CNNC1c1cccc(Br)c1)N1CCN(C2CCCCC2)CC1. The molecule has 0 radical (unpaired) electrons. The van der Waals surface area contributed by atoms with Gasteiger partial charge in [-0.25, -0.2) is 5.43 Å². The molecule has 2 N–H and O–H groups in total. The third-order valence-electron chi connectivity index (χ3n) is 6.22. The molecular weight excluding hydrogens is 392 g/mol. The summed E-state index contributed by atoms with van der Waals surface area (Å²) < 4.78 is 1.05. The van der Waals surface area contributed by atoms with Gasteiger partial charge in [0.15, 0.2) is 0 Å². The lowest BCUT2D eigenvalue weighted by molar-refractivity contribution is -0.137. The fraction of sp³-hybridized carbons (Fsp3) is 0.650. The number of carbonyl (C=O) groups excluding carboxylic acids is 1. The monoisotopic (exact) mass is 420 g/mol. The summed E-state index contributed by atoms with van der Waals surface area (Å²) in [5, 5.41) is 0. The average molecular weight is 421 g/mol. The Bertz CT molecular complexity index is 626. The van der Waals surface area contributed by atoms with E-state index in [-0.39, 0.29) is 17.9 Å². The van der Waals surface area contributed by atoms with Crippen molar-refractivity contribution in [1.29, 1.82) is 0 Å². The van der Waals surface area contributed by atoms with E-state index in [1.54, 1.807) is 0 Å². The fourth-order valence-electron chi connectivity index (χ4n) is 4.73. The minimum Gasteiger partial charge on any atom is -0.340 e. The Morgan fingerprint density at radius 1 is 1.08 bits per heavy atom. The van der Waals surface area contributed by atoms with E-state index in [2.05, 4.69) is 48.7 Å². The van der Waals surface area contributed by atoms with Crippen molar-refractivity contribution in [2.45, 2.75) is 44.2 Å². The first kappa shape index (κ1) is 18.4. The van der Waals surface area contributed by atoms with Gasteiger partial charge in [0.2, 0.25) is 5.91 Å². The second-order valence-electron chi connectivity index (χ2n) is 7.82. The molecular formula is C20H29BrN4O. The lowest BCUT2D eigenvalue weighted by Gasteiger charge is -2.41. The summed E-state index contributed by atoms with van der Waals surface area (Å²) in [5.74, 6) is 0.251. The molecule has 3 fully saturated rings. The highest BCUT2D eigenvalue weighted by Gasteiger charge is 2.38. The molecule has 2 unspecified atom stereocenters. The molecule has 0 spiro atoms. The van der Waals surface area contributed by atoms with Crippen molar-refractivity contribution in [3.63, 3.8) is 0 Å². The first-order valence-corrected chi connectivity index (χ1v) is 10.8. The number of nitrogens with zero attached hydrogens (tertiary/aromatic N) is 2. The van der Waals surface area contributed by atoms with Gasteiger partial charge < -0.3 is 4.90 Å². The average Bonchev–Trinajstić information content (AvgIpc) is 3.18. The largest absolute Gasteiger partial charge is 0.340 e. The maximum atomic E-state index is 13.2. The zero-order valence-corrected chi connectivity index (χ0v) is 16.9. The van der Waals surface area contributed by atoms with Gasteiger partial charge in [0.05, 0.1) is 12.0 Å². The van der Waals surface area contributed by atoms with Crippen LogP contribution in [0.25, 0.3) is 0 Å². The molecule has 4 rings (SSSR count). The summed E-state index contributed by atoms with van der Waals surface area (Å²) in [5.41, 5.74) is 7.66. The highest BCUT2D eigenvalue weighted by atomic mass is 79.9. The van der Waals surface area contributed by atoms with E-state index in [0.717, 1.165) is 42.3 Å². The van der Waals surface area contributed by atoms with Crippen LogP contribution >= 0.6 is 15.9 Å². The van der Waals surface area contributed by atoms with Crippen LogP contribution in [0, 0.1) is 5.92 Å². The number of amides is 1. The van der Waals surface area contributed by atoms with Crippen molar-refractivity contribution < 1.29 is 4.79 Å². The molecule has 1 aliphatic carbocycles. The van der Waals surface area contributed by atoms with Crippen molar-refractivity contribution in [2.75, 3.05) is 32.7 Å². The first-order chi connectivity index (χ1) is 12.7. The van der Waals surface area contributed by atoms with Crippen LogP contribution in [0.2, 0.25) is 0 Å². The second-order valence-corrected chi connectivity index (χ2v) is 8.73. The Hall–Kier alpha value is -0.950. The molecule has 1 saturated carbocycles. The van der Waals surface area contributed by atoms with Gasteiger partial charge in [-0.3, -0.25) is 15.1 Å². The van der Waals surface area contributed by atoms with Gasteiger partial charge >= 0.3 is 0 Å². The Kier molecular flexibility index (Phi) is 5.93. The summed E-state index contributed by atoms with van der Waals surface area (Å²) in [4.78, 5) is 17.9. The number of hydrazine groups is 1. The molecule has 6 heteroatoms. The molecule has 26 heavy (non-hydrogen) atoms. The first-order valence-electron chi connectivity index (χ1n) is 9.99. The normalized spacial score (nSPS) is 28.4. The minimum atomic E-state index is -0.0365. The van der Waals surface area contributed by atoms with Crippen molar-refractivity contribution in [1.82, 2.24) is 20.7 Å². The number of carbonyl (C=O) groups is 1. The van der Waals surface area contributed by atoms with Crippen molar-refractivity contribution in [3.8, 4) is 0 Å². The lowest BCUT2D eigenvalue weighted by Crippen LogP contribution is -2.54. The van der Waals surface area contributed by atoms with Crippen LogP contribution in [0.3, 0.4) is 0 Å². The van der Waals surface area contributed by atoms with Gasteiger partial charge in [0.1, 0.15) is 0 Å². The number of piperazine rings is 1. The molecule has 1 aromatic carbocycles. The quantitative estimate of drug-likeness (QED) is 0.788. The number of benzene rings is 1. The molecule has 2 aliphatic heterocycles. The van der Waals surface area contributed by atoms with E-state index in [1.807, 2.05) is 12.1 Å². The number of hydrogen-bond donors (Lipinski definition) is 2. The summed E-state index contributed by atoms with van der Waals surface area (Å²) in [6.07, 6.45) is 6.83. The zero-order chi connectivity index (χ0) is 17.9. The van der Waals surface area contributed by atoms with E-state index in [1.165, 1.54) is 32.1 Å². The predicted molar refractivity (Wildman–Crippen MR) is 107 cm³/mol. The third-order valence-corrected chi connectivity index (χ3v) is 6.72. The maximum absolute atomic E-state index is 13.2. The molecule has 5 nitrogen and oxygen atoms in total. The third kappa shape index (κ3) is 3.98. The Morgan fingerprint density at radius 2 is 1.85 bits per heavy atom. The minimum absolute atomic E-state index is 0.0365. The molecule has 2 heterocycles. The predicted octanol–water partition coefficient (Wildman–Crippen LogP) is 2.69. The molecule has 2 saturated heterocycles. The Balaban J connectivity index is 1.37. The van der Waals surface area contributed by atoms with Crippen LogP contribution in [0.15, 0.2) is 28.7 Å². The van der Waals surface area contributed by atoms with Crippen molar-refractivity contribution in [3.05, 3.63) is 34.3 Å². The standard InChI is InChI=1S/C20H29BrN4O/c21-16-6-4-5-15(13-16)19-18(14-22-23-19)20(26)25-11-9-24(10-12-25)17-7-2-1-3-8-17/h4-6,13,17-19,22-23H,1-3,7-12,14H2. The van der Waals surface area contributed by atoms with Gasteiger partial charge in [-0.2, -0.15) is 0 Å². The van der Waals surface area contributed by atoms with Gasteiger partial charge in [0.25, 0.3) is 0 Å². The van der Waals surface area contributed by atoms with Crippen LogP contribution < -0.4 is 10.9 Å². The summed E-state index contributed by atoms with van der Waals surface area (Å²) in [6, 6.07) is 9.04. The van der Waals surface area contributed by atoms with Crippen molar-refractivity contribution in [2.24, 2.45) is 5.92 Å². The number of rotatable bonds is 3. The van der Waals surface area contributed by atoms with Gasteiger partial charge in [-0.15, -0.1) is 0 Å². The van der Waals surface area contributed by atoms with Crippen molar-refractivity contribution >= 4 is 21.8 Å².